The zero-order valence-electron chi connectivity index (χ0n) is 30.8. The van der Waals surface area contributed by atoms with E-state index in [1.54, 1.807) is 0 Å². The number of rotatable bonds is 6. The highest BCUT2D eigenvalue weighted by Gasteiger charge is 2.17. The van der Waals surface area contributed by atoms with Gasteiger partial charge in [-0.05, 0) is 130 Å². The summed E-state index contributed by atoms with van der Waals surface area (Å²) in [5.74, 6) is 0. The Kier molecular flexibility index (Phi) is 7.57. The molecule has 0 spiro atoms. The van der Waals surface area contributed by atoms with Crippen molar-refractivity contribution in [3.63, 3.8) is 0 Å². The smallest absolute Gasteiger partial charge is 0.0552 e. The molecule has 0 aliphatic heterocycles. The first-order valence-electron chi connectivity index (χ1n) is 19.4. The number of allylic oxidation sites excluding steroid dienone is 4. The van der Waals surface area contributed by atoms with Crippen LogP contribution in [0.2, 0.25) is 0 Å². The molecule has 0 saturated heterocycles. The van der Waals surface area contributed by atoms with Crippen LogP contribution in [-0.4, -0.2) is 9.13 Å². The summed E-state index contributed by atoms with van der Waals surface area (Å²) in [6.45, 7) is 0. The fourth-order valence-corrected chi connectivity index (χ4v) is 8.76. The lowest BCUT2D eigenvalue weighted by molar-refractivity contribution is 1.02. The number of hydrogen-bond donors (Lipinski definition) is 0. The number of aromatic nitrogens is 2. The molecule has 56 heavy (non-hydrogen) atoms. The Hall–Kier alpha value is -7.34. The van der Waals surface area contributed by atoms with E-state index in [1.165, 1.54) is 93.5 Å². The van der Waals surface area contributed by atoms with Crippen molar-refractivity contribution in [1.29, 1.82) is 0 Å². The third kappa shape index (κ3) is 5.36. The van der Waals surface area contributed by atoms with Crippen LogP contribution in [0, 0.1) is 0 Å². The summed E-state index contributed by atoms with van der Waals surface area (Å²) in [6.07, 6.45) is 13.0. The predicted molar refractivity (Wildman–Crippen MR) is 236 cm³/mol. The Morgan fingerprint density at radius 3 is 1.61 bits per heavy atom. The average Bonchev–Trinajstić information content (AvgIpc) is 3.79. The van der Waals surface area contributed by atoms with Crippen molar-refractivity contribution in [1.82, 2.24) is 9.13 Å². The fourth-order valence-electron chi connectivity index (χ4n) is 8.76. The number of fused-ring (bicyclic) bond motifs is 6. The van der Waals surface area contributed by atoms with Crippen LogP contribution in [0.4, 0.5) is 0 Å². The van der Waals surface area contributed by atoms with Gasteiger partial charge in [-0.1, -0.05) is 127 Å². The number of benzene rings is 7. The van der Waals surface area contributed by atoms with E-state index in [-0.39, 0.29) is 0 Å². The lowest BCUT2D eigenvalue weighted by atomic mass is 9.93. The zero-order valence-corrected chi connectivity index (χ0v) is 30.8. The highest BCUT2D eigenvalue weighted by molar-refractivity contribution is 6.11. The second-order valence-electron chi connectivity index (χ2n) is 14.7. The van der Waals surface area contributed by atoms with E-state index in [0.717, 1.165) is 18.5 Å². The maximum Gasteiger partial charge on any atom is 0.0552 e. The molecule has 262 valence electrons. The molecule has 2 heteroatoms. The van der Waals surface area contributed by atoms with Gasteiger partial charge < -0.3 is 9.13 Å². The first-order chi connectivity index (χ1) is 27.8. The van der Waals surface area contributed by atoms with Gasteiger partial charge in [-0.3, -0.25) is 0 Å². The van der Waals surface area contributed by atoms with Crippen molar-refractivity contribution in [2.24, 2.45) is 0 Å². The van der Waals surface area contributed by atoms with E-state index in [4.69, 9.17) is 0 Å². The molecule has 2 aliphatic carbocycles. The van der Waals surface area contributed by atoms with Gasteiger partial charge >= 0.3 is 0 Å². The minimum Gasteiger partial charge on any atom is -0.310 e. The van der Waals surface area contributed by atoms with Crippen LogP contribution in [0.15, 0.2) is 193 Å². The van der Waals surface area contributed by atoms with Crippen molar-refractivity contribution in [3.8, 4) is 50.2 Å². The van der Waals surface area contributed by atoms with E-state index < -0.39 is 0 Å². The molecule has 0 saturated carbocycles. The second kappa shape index (κ2) is 13.2. The van der Waals surface area contributed by atoms with Crippen molar-refractivity contribution in [2.45, 2.75) is 12.8 Å². The van der Waals surface area contributed by atoms with Crippen molar-refractivity contribution in [3.05, 3.63) is 204 Å². The van der Waals surface area contributed by atoms with Gasteiger partial charge in [0.25, 0.3) is 0 Å². The normalized spacial score (nSPS) is 13.2. The summed E-state index contributed by atoms with van der Waals surface area (Å²) in [6, 6.07) is 60.1. The summed E-state index contributed by atoms with van der Waals surface area (Å²) in [5.41, 5.74) is 21.8. The summed E-state index contributed by atoms with van der Waals surface area (Å²) in [4.78, 5) is 0. The van der Waals surface area contributed by atoms with Crippen LogP contribution >= 0.6 is 0 Å². The van der Waals surface area contributed by atoms with Crippen LogP contribution < -0.4 is 10.6 Å². The van der Waals surface area contributed by atoms with Gasteiger partial charge in [0.15, 0.2) is 0 Å². The molecule has 2 aromatic heterocycles. The standard InChI is InChI=1S/C54H36N2/c1-4-14-37(15-5-1)42-32-43(38-16-6-2-7-17-38)34-44(33-42)39-24-28-46(29-25-39)56-52-23-13-11-21-48(52)50-36-41(27-31-54(50)56)40-26-30-53-49(35-40)47-20-10-12-22-51(47)55(53)45-18-8-3-9-19-45/h1-2,4-8,10,12,14-36H,11,13H2. The molecular weight excluding hydrogens is 677 g/mol. The lowest BCUT2D eigenvalue weighted by Crippen LogP contribution is -2.30. The van der Waals surface area contributed by atoms with Crippen LogP contribution in [-0.2, 0) is 0 Å². The first kappa shape index (κ1) is 32.1. The highest BCUT2D eigenvalue weighted by atomic mass is 15.0. The quantitative estimate of drug-likeness (QED) is 0.152. The van der Waals surface area contributed by atoms with Gasteiger partial charge in [0, 0.05) is 38.5 Å². The molecule has 0 atom stereocenters. The molecule has 0 amide bonds. The van der Waals surface area contributed by atoms with Crippen molar-refractivity contribution in [2.75, 3.05) is 0 Å². The van der Waals surface area contributed by atoms with Crippen LogP contribution in [0.5, 0.6) is 0 Å². The number of hydrogen-bond acceptors (Lipinski definition) is 0. The third-order valence-corrected chi connectivity index (χ3v) is 11.4. The van der Waals surface area contributed by atoms with Gasteiger partial charge in [0.2, 0.25) is 0 Å². The molecule has 0 N–H and O–H groups in total. The molecule has 0 fully saturated rings. The Bertz CT molecular complexity index is 3230. The van der Waals surface area contributed by atoms with E-state index in [2.05, 4.69) is 203 Å². The molecule has 0 bridgehead atoms. The lowest BCUT2D eigenvalue weighted by Gasteiger charge is -2.13. The van der Waals surface area contributed by atoms with E-state index in [0.29, 0.717) is 0 Å². The third-order valence-electron chi connectivity index (χ3n) is 11.4. The van der Waals surface area contributed by atoms with Crippen molar-refractivity contribution >= 4 is 50.6 Å². The van der Waals surface area contributed by atoms with Crippen LogP contribution in [0.3, 0.4) is 0 Å². The van der Waals surface area contributed by atoms with Crippen molar-refractivity contribution < 1.29 is 0 Å². The van der Waals surface area contributed by atoms with Gasteiger partial charge in [-0.15, -0.1) is 0 Å². The van der Waals surface area contributed by atoms with Gasteiger partial charge in [0.1, 0.15) is 0 Å². The summed E-state index contributed by atoms with van der Waals surface area (Å²) in [5, 5.41) is 6.39. The Morgan fingerprint density at radius 2 is 0.946 bits per heavy atom. The predicted octanol–water partition coefficient (Wildman–Crippen LogP) is 12.5. The first-order valence-corrected chi connectivity index (χ1v) is 19.4. The number of para-hydroxylation sites is 1. The van der Waals surface area contributed by atoms with Gasteiger partial charge in [0.05, 0.1) is 22.2 Å². The Labute approximate surface area is 325 Å². The maximum absolute atomic E-state index is 3.14. The summed E-state index contributed by atoms with van der Waals surface area (Å²) in [7, 11) is 0. The van der Waals surface area contributed by atoms with Gasteiger partial charge in [-0.2, -0.15) is 0 Å². The summed E-state index contributed by atoms with van der Waals surface area (Å²) < 4.78 is 4.78. The molecule has 2 nitrogen and oxygen atoms in total. The molecular formula is C54H36N2. The van der Waals surface area contributed by atoms with E-state index in [9.17, 15) is 0 Å². The molecule has 11 rings (SSSR count). The largest absolute Gasteiger partial charge is 0.310 e. The molecule has 0 unspecified atom stereocenters. The molecule has 9 aromatic rings. The molecule has 0 radical (unpaired) electrons. The number of nitrogens with zero attached hydrogens (tertiary/aromatic N) is 2. The fraction of sp³-hybridized carbons (Fsp3) is 0.0370. The summed E-state index contributed by atoms with van der Waals surface area (Å²) >= 11 is 0. The zero-order chi connectivity index (χ0) is 37.0. The van der Waals surface area contributed by atoms with E-state index >= 15 is 0 Å². The molecule has 2 heterocycles. The molecule has 2 aliphatic rings. The minimum absolute atomic E-state index is 1.04. The average molecular weight is 713 g/mol. The minimum atomic E-state index is 1.04. The Morgan fingerprint density at radius 1 is 0.393 bits per heavy atom. The van der Waals surface area contributed by atoms with Crippen LogP contribution in [0.25, 0.3) is 101 Å². The van der Waals surface area contributed by atoms with E-state index in [1.807, 2.05) is 12.2 Å². The van der Waals surface area contributed by atoms with Crippen LogP contribution in [0.1, 0.15) is 12.8 Å². The highest BCUT2D eigenvalue weighted by Crippen LogP contribution is 2.37. The van der Waals surface area contributed by atoms with Gasteiger partial charge in [-0.25, -0.2) is 0 Å². The maximum atomic E-state index is 3.14. The Balaban J connectivity index is 1.01. The monoisotopic (exact) mass is 712 g/mol. The second-order valence-corrected chi connectivity index (χ2v) is 14.7. The molecule has 7 aromatic carbocycles. The SMILES string of the molecule is C1=C=CC(n2c3ccccc3c3cc(-c4ccc5c(c4)c4c(n5-c5ccc(-c6cc(-c7ccccc7)cc(-c7ccccc7)c6)cc5)=CCCC=4)ccc32)=CC=1. The topological polar surface area (TPSA) is 9.86 Å².